The number of ether oxygens (including phenoxy) is 3. The lowest BCUT2D eigenvalue weighted by Crippen LogP contribution is -2.30. The molecule has 0 aromatic carbocycles. The fourth-order valence-electron chi connectivity index (χ4n) is 6.55. The normalized spacial score (nSPS) is 12.7. The summed E-state index contributed by atoms with van der Waals surface area (Å²) in [6.07, 6.45) is 58.9. The lowest BCUT2D eigenvalue weighted by Gasteiger charge is -2.18. The topological polar surface area (TPSA) is 78.9 Å². The van der Waals surface area contributed by atoms with Crippen LogP contribution in [0.3, 0.4) is 0 Å². The van der Waals surface area contributed by atoms with Crippen molar-refractivity contribution in [2.75, 3.05) is 13.2 Å². The van der Waals surface area contributed by atoms with E-state index >= 15 is 0 Å². The van der Waals surface area contributed by atoms with Crippen molar-refractivity contribution in [2.24, 2.45) is 0 Å². The van der Waals surface area contributed by atoms with E-state index in [1.807, 2.05) is 6.08 Å². The molecule has 0 rings (SSSR count). The Morgan fingerprint density at radius 1 is 0.373 bits per heavy atom. The third-order valence-corrected chi connectivity index (χ3v) is 10.2. The summed E-state index contributed by atoms with van der Waals surface area (Å²) in [5, 5.41) is 0. The van der Waals surface area contributed by atoms with Crippen LogP contribution in [0.5, 0.6) is 0 Å². The number of rotatable bonds is 43. The van der Waals surface area contributed by atoms with Crippen molar-refractivity contribution >= 4 is 17.9 Å². The summed E-state index contributed by atoms with van der Waals surface area (Å²) in [6.45, 7) is 6.41. The molecular weight excluding hydrogens is 733 g/mol. The summed E-state index contributed by atoms with van der Waals surface area (Å²) in [4.78, 5) is 37.8. The maximum atomic E-state index is 12.7. The van der Waals surface area contributed by atoms with Crippen molar-refractivity contribution in [3.63, 3.8) is 0 Å². The van der Waals surface area contributed by atoms with Crippen LogP contribution < -0.4 is 0 Å². The summed E-state index contributed by atoms with van der Waals surface area (Å²) in [6, 6.07) is 0. The SMILES string of the molecule is CC/C=C/C=C/C=C/CCCCCCCCCC(=O)OCC(COC(=O)CCCCC/C=C/CCCCCCCC)OC(=O)CC/C=C/C/C=C/CCCCCCCC. The van der Waals surface area contributed by atoms with Crippen LogP contribution in [-0.4, -0.2) is 37.2 Å². The number of unbranched alkanes of at least 4 members (excludes halogenated alkanes) is 22. The van der Waals surface area contributed by atoms with Crippen LogP contribution >= 0.6 is 0 Å². The minimum atomic E-state index is -0.815. The molecule has 0 spiro atoms. The molecule has 0 aliphatic carbocycles. The molecule has 0 aromatic rings. The zero-order valence-electron chi connectivity index (χ0n) is 38.5. The maximum Gasteiger partial charge on any atom is 0.306 e. The third-order valence-electron chi connectivity index (χ3n) is 10.2. The molecule has 0 amide bonds. The first-order chi connectivity index (χ1) is 29.0. The van der Waals surface area contributed by atoms with Gasteiger partial charge in [0.1, 0.15) is 13.2 Å². The fourth-order valence-corrected chi connectivity index (χ4v) is 6.55. The van der Waals surface area contributed by atoms with Gasteiger partial charge in [0.2, 0.25) is 0 Å². The molecule has 6 nitrogen and oxygen atoms in total. The van der Waals surface area contributed by atoms with Crippen molar-refractivity contribution in [3.8, 4) is 0 Å². The van der Waals surface area contributed by atoms with Crippen molar-refractivity contribution < 1.29 is 28.6 Å². The molecular formula is C53H90O6. The molecule has 0 fully saturated rings. The van der Waals surface area contributed by atoms with Gasteiger partial charge in [0, 0.05) is 19.3 Å². The highest BCUT2D eigenvalue weighted by Gasteiger charge is 2.19. The van der Waals surface area contributed by atoms with E-state index in [0.717, 1.165) is 77.0 Å². The van der Waals surface area contributed by atoms with Crippen LogP contribution in [0.25, 0.3) is 0 Å². The lowest BCUT2D eigenvalue weighted by molar-refractivity contribution is -0.166. The number of hydrogen-bond donors (Lipinski definition) is 0. The highest BCUT2D eigenvalue weighted by Crippen LogP contribution is 2.13. The van der Waals surface area contributed by atoms with Crippen LogP contribution in [0.4, 0.5) is 0 Å². The second-order valence-electron chi connectivity index (χ2n) is 16.0. The second kappa shape index (κ2) is 47.5. The standard InChI is InChI=1S/C53H90O6/c1-4-7-10-13-16-19-22-25-26-29-31-34-37-40-43-46-52(55)58-49-50(59-53(56)47-44-41-38-35-32-28-24-21-18-15-12-9-6-3)48-57-51(54)45-42-39-36-33-30-27-23-20-17-14-11-8-5-2/h7,10,13,16,19,22,27-28,30,32,38,41,50H,4-6,8-9,11-12,14-15,17-18,20-21,23-26,29,31,33-37,39-40,42-49H2,1-3H3/b10-7+,16-13+,22-19+,30-27+,32-28+,41-38+. The molecule has 0 aromatic heterocycles. The van der Waals surface area contributed by atoms with Crippen LogP contribution in [0.15, 0.2) is 72.9 Å². The third kappa shape index (κ3) is 45.8. The molecule has 0 N–H and O–H groups in total. The minimum absolute atomic E-state index is 0.109. The van der Waals surface area contributed by atoms with E-state index < -0.39 is 6.10 Å². The van der Waals surface area contributed by atoms with Crippen molar-refractivity contribution in [3.05, 3.63) is 72.9 Å². The van der Waals surface area contributed by atoms with Gasteiger partial charge >= 0.3 is 17.9 Å². The van der Waals surface area contributed by atoms with Crippen LogP contribution in [0.2, 0.25) is 0 Å². The van der Waals surface area contributed by atoms with Crippen LogP contribution in [0, 0.1) is 0 Å². The molecule has 0 saturated carbocycles. The van der Waals surface area contributed by atoms with Gasteiger partial charge in [-0.05, 0) is 83.5 Å². The Balaban J connectivity index is 4.49. The lowest BCUT2D eigenvalue weighted by atomic mass is 10.1. The first kappa shape index (κ1) is 55.9. The van der Waals surface area contributed by atoms with E-state index in [0.29, 0.717) is 19.3 Å². The van der Waals surface area contributed by atoms with E-state index in [1.54, 1.807) is 0 Å². The Labute approximate surface area is 363 Å². The van der Waals surface area contributed by atoms with E-state index in [2.05, 4.69) is 87.6 Å². The molecule has 0 aliphatic heterocycles. The summed E-state index contributed by atoms with van der Waals surface area (Å²) in [5.41, 5.74) is 0. The van der Waals surface area contributed by atoms with Gasteiger partial charge in [0.05, 0.1) is 0 Å². The average molecular weight is 823 g/mol. The van der Waals surface area contributed by atoms with E-state index in [4.69, 9.17) is 14.2 Å². The van der Waals surface area contributed by atoms with Gasteiger partial charge in [-0.25, -0.2) is 0 Å². The predicted octanol–water partition coefficient (Wildman–Crippen LogP) is 15.9. The Morgan fingerprint density at radius 2 is 0.763 bits per heavy atom. The highest BCUT2D eigenvalue weighted by atomic mass is 16.6. The molecule has 0 heterocycles. The van der Waals surface area contributed by atoms with Gasteiger partial charge in [-0.1, -0.05) is 196 Å². The Kier molecular flexibility index (Phi) is 45.0. The minimum Gasteiger partial charge on any atom is -0.462 e. The second-order valence-corrected chi connectivity index (χ2v) is 16.0. The van der Waals surface area contributed by atoms with Gasteiger partial charge in [0.25, 0.3) is 0 Å². The average Bonchev–Trinajstić information content (AvgIpc) is 3.23. The molecule has 0 aliphatic rings. The fraction of sp³-hybridized carbons (Fsp3) is 0.717. The molecule has 338 valence electrons. The first-order valence-corrected chi connectivity index (χ1v) is 24.5. The van der Waals surface area contributed by atoms with Gasteiger partial charge in [-0.2, -0.15) is 0 Å². The number of carbonyl (C=O) groups is 3. The summed E-state index contributed by atoms with van der Waals surface area (Å²) in [5.74, 6) is -1.01. The summed E-state index contributed by atoms with van der Waals surface area (Å²) < 4.78 is 16.7. The number of hydrogen-bond acceptors (Lipinski definition) is 6. The summed E-state index contributed by atoms with van der Waals surface area (Å²) >= 11 is 0. The Morgan fingerprint density at radius 3 is 1.25 bits per heavy atom. The molecule has 0 bridgehead atoms. The Bertz CT molecular complexity index is 1130. The molecule has 1 atom stereocenters. The number of esters is 3. The maximum absolute atomic E-state index is 12.7. The first-order valence-electron chi connectivity index (χ1n) is 24.5. The van der Waals surface area contributed by atoms with Gasteiger partial charge in [-0.3, -0.25) is 14.4 Å². The van der Waals surface area contributed by atoms with Crippen molar-refractivity contribution in [2.45, 2.75) is 232 Å². The van der Waals surface area contributed by atoms with E-state index in [1.165, 1.54) is 103 Å². The van der Waals surface area contributed by atoms with Crippen LogP contribution in [-0.2, 0) is 28.6 Å². The number of allylic oxidation sites excluding steroid dienone is 12. The van der Waals surface area contributed by atoms with E-state index in [-0.39, 0.29) is 37.5 Å². The quantitative estimate of drug-likeness (QED) is 0.0200. The Hall–Kier alpha value is -3.15. The van der Waals surface area contributed by atoms with Gasteiger partial charge in [-0.15, -0.1) is 0 Å². The smallest absolute Gasteiger partial charge is 0.306 e. The van der Waals surface area contributed by atoms with E-state index in [9.17, 15) is 14.4 Å². The van der Waals surface area contributed by atoms with Gasteiger partial charge < -0.3 is 14.2 Å². The highest BCUT2D eigenvalue weighted by molar-refractivity contribution is 5.71. The monoisotopic (exact) mass is 823 g/mol. The van der Waals surface area contributed by atoms with Gasteiger partial charge in [0.15, 0.2) is 6.10 Å². The largest absolute Gasteiger partial charge is 0.462 e. The van der Waals surface area contributed by atoms with Crippen molar-refractivity contribution in [1.29, 1.82) is 0 Å². The molecule has 59 heavy (non-hydrogen) atoms. The predicted molar refractivity (Wildman–Crippen MR) is 251 cm³/mol. The summed E-state index contributed by atoms with van der Waals surface area (Å²) in [7, 11) is 0. The van der Waals surface area contributed by atoms with Crippen molar-refractivity contribution in [1.82, 2.24) is 0 Å². The zero-order chi connectivity index (χ0) is 43.0. The molecule has 0 saturated heterocycles. The van der Waals surface area contributed by atoms with Crippen LogP contribution in [0.1, 0.15) is 226 Å². The molecule has 0 radical (unpaired) electrons. The number of carbonyl (C=O) groups excluding carboxylic acids is 3. The molecule has 6 heteroatoms. The zero-order valence-corrected chi connectivity index (χ0v) is 38.5. The molecule has 1 unspecified atom stereocenters.